The van der Waals surface area contributed by atoms with Crippen LogP contribution in [0.1, 0.15) is 17.5 Å². The Morgan fingerprint density at radius 1 is 1.19 bits per heavy atom. The van der Waals surface area contributed by atoms with E-state index in [1.807, 2.05) is 25.1 Å². The molecule has 7 nitrogen and oxygen atoms in total. The molecule has 2 aromatic heterocycles. The van der Waals surface area contributed by atoms with Crippen molar-refractivity contribution in [3.63, 3.8) is 0 Å². The van der Waals surface area contributed by atoms with E-state index in [1.54, 1.807) is 0 Å². The van der Waals surface area contributed by atoms with E-state index >= 15 is 0 Å². The lowest BCUT2D eigenvalue weighted by atomic mass is 10.1. The third kappa shape index (κ3) is 4.69. The number of carbonyl (C=O) groups is 1. The molecule has 0 unspecified atom stereocenters. The van der Waals surface area contributed by atoms with Crippen molar-refractivity contribution < 1.29 is 13.7 Å². The molecule has 0 spiro atoms. The van der Waals surface area contributed by atoms with Gasteiger partial charge in [-0.1, -0.05) is 35.0 Å². The standard InChI is InChI=1S/C23H21FN4O3/c1-15-3-2-4-16(13-15)9-11-25-19(29)10-12-28-14-26-22-20(23(28)30)21(27-31-22)17-5-7-18(24)8-6-17/h2-8,13-14H,9-12H2,1H3,(H,25,29). The summed E-state index contributed by atoms with van der Waals surface area (Å²) in [5, 5.41) is 6.99. The number of aryl methyl sites for hydroxylation is 2. The predicted octanol–water partition coefficient (Wildman–Crippen LogP) is 3.25. The van der Waals surface area contributed by atoms with Crippen LogP contribution in [0.3, 0.4) is 0 Å². The fraction of sp³-hybridized carbons (Fsp3) is 0.217. The molecule has 1 N–H and O–H groups in total. The first kappa shape index (κ1) is 20.5. The molecule has 2 aromatic carbocycles. The molecule has 0 aliphatic carbocycles. The van der Waals surface area contributed by atoms with Gasteiger partial charge in [-0.15, -0.1) is 0 Å². The minimum Gasteiger partial charge on any atom is -0.356 e. The van der Waals surface area contributed by atoms with Gasteiger partial charge in [0.05, 0.1) is 0 Å². The molecule has 0 saturated carbocycles. The molecule has 31 heavy (non-hydrogen) atoms. The van der Waals surface area contributed by atoms with Gasteiger partial charge in [-0.05, 0) is 43.2 Å². The number of amides is 1. The van der Waals surface area contributed by atoms with E-state index in [4.69, 9.17) is 4.52 Å². The lowest BCUT2D eigenvalue weighted by molar-refractivity contribution is -0.121. The summed E-state index contributed by atoms with van der Waals surface area (Å²) < 4.78 is 19.7. The first-order chi connectivity index (χ1) is 15.0. The van der Waals surface area contributed by atoms with E-state index in [-0.39, 0.29) is 41.3 Å². The fourth-order valence-corrected chi connectivity index (χ4v) is 3.37. The lowest BCUT2D eigenvalue weighted by Crippen LogP contribution is -2.29. The van der Waals surface area contributed by atoms with E-state index in [2.05, 4.69) is 21.5 Å². The van der Waals surface area contributed by atoms with Gasteiger partial charge in [0.2, 0.25) is 5.91 Å². The first-order valence-corrected chi connectivity index (χ1v) is 9.94. The molecule has 4 aromatic rings. The summed E-state index contributed by atoms with van der Waals surface area (Å²) in [6, 6.07) is 13.7. The number of halogens is 1. The maximum absolute atomic E-state index is 13.2. The van der Waals surface area contributed by atoms with Gasteiger partial charge >= 0.3 is 0 Å². The van der Waals surface area contributed by atoms with Crippen LogP contribution in [0.5, 0.6) is 0 Å². The van der Waals surface area contributed by atoms with E-state index in [0.29, 0.717) is 17.8 Å². The maximum Gasteiger partial charge on any atom is 0.266 e. The van der Waals surface area contributed by atoms with E-state index in [1.165, 1.54) is 40.7 Å². The van der Waals surface area contributed by atoms with Gasteiger partial charge in [0.15, 0.2) is 0 Å². The topological polar surface area (TPSA) is 90.0 Å². The molecule has 2 heterocycles. The molecule has 158 valence electrons. The molecule has 8 heteroatoms. The third-order valence-electron chi connectivity index (χ3n) is 4.98. The highest BCUT2D eigenvalue weighted by molar-refractivity contribution is 5.88. The Balaban J connectivity index is 1.42. The molecule has 0 saturated heterocycles. The summed E-state index contributed by atoms with van der Waals surface area (Å²) >= 11 is 0. The summed E-state index contributed by atoms with van der Waals surface area (Å²) in [5.74, 6) is -0.538. The van der Waals surface area contributed by atoms with Crippen molar-refractivity contribution in [3.8, 4) is 11.3 Å². The third-order valence-corrected chi connectivity index (χ3v) is 4.98. The van der Waals surface area contributed by atoms with Crippen LogP contribution in [-0.2, 0) is 17.8 Å². The van der Waals surface area contributed by atoms with Crippen LogP contribution in [-0.4, -0.2) is 27.2 Å². The number of aromatic nitrogens is 3. The smallest absolute Gasteiger partial charge is 0.266 e. The van der Waals surface area contributed by atoms with Gasteiger partial charge < -0.3 is 9.84 Å². The Morgan fingerprint density at radius 2 is 2.00 bits per heavy atom. The zero-order chi connectivity index (χ0) is 21.8. The highest BCUT2D eigenvalue weighted by atomic mass is 19.1. The molecule has 0 aliphatic heterocycles. The second kappa shape index (κ2) is 8.91. The molecule has 0 aliphatic rings. The lowest BCUT2D eigenvalue weighted by Gasteiger charge is -2.07. The highest BCUT2D eigenvalue weighted by Crippen LogP contribution is 2.24. The minimum atomic E-state index is -0.388. The number of benzene rings is 2. The normalized spacial score (nSPS) is 11.0. The predicted molar refractivity (Wildman–Crippen MR) is 114 cm³/mol. The number of carbonyl (C=O) groups excluding carboxylic acids is 1. The van der Waals surface area contributed by atoms with E-state index in [9.17, 15) is 14.0 Å². The van der Waals surface area contributed by atoms with Crippen molar-refractivity contribution in [2.24, 2.45) is 0 Å². The Kier molecular flexibility index (Phi) is 5.88. The fourth-order valence-electron chi connectivity index (χ4n) is 3.37. The summed E-state index contributed by atoms with van der Waals surface area (Å²) in [4.78, 5) is 29.2. The van der Waals surface area contributed by atoms with Crippen molar-refractivity contribution in [2.75, 3.05) is 6.54 Å². The number of hydrogen-bond acceptors (Lipinski definition) is 5. The van der Waals surface area contributed by atoms with Crippen molar-refractivity contribution in [3.05, 3.63) is 82.2 Å². The van der Waals surface area contributed by atoms with Gasteiger partial charge in [0.25, 0.3) is 11.3 Å². The SMILES string of the molecule is Cc1cccc(CCNC(=O)CCn2cnc3onc(-c4ccc(F)cc4)c3c2=O)c1. The average molecular weight is 420 g/mol. The Morgan fingerprint density at radius 3 is 2.77 bits per heavy atom. The molecule has 0 atom stereocenters. The molecule has 0 radical (unpaired) electrons. The molecule has 1 amide bonds. The number of nitrogens with one attached hydrogen (secondary N) is 1. The largest absolute Gasteiger partial charge is 0.356 e. The Labute approximate surface area is 177 Å². The summed E-state index contributed by atoms with van der Waals surface area (Å²) in [7, 11) is 0. The van der Waals surface area contributed by atoms with Crippen LogP contribution < -0.4 is 10.9 Å². The maximum atomic E-state index is 13.2. The number of fused-ring (bicyclic) bond motifs is 1. The van der Waals surface area contributed by atoms with Gasteiger partial charge in [0.1, 0.15) is 23.2 Å². The van der Waals surface area contributed by atoms with Gasteiger partial charge in [-0.3, -0.25) is 14.2 Å². The average Bonchev–Trinajstić information content (AvgIpc) is 3.19. The van der Waals surface area contributed by atoms with Gasteiger partial charge in [-0.25, -0.2) is 9.37 Å². The van der Waals surface area contributed by atoms with Crippen LogP contribution in [0.25, 0.3) is 22.4 Å². The summed E-state index contributed by atoms with van der Waals surface area (Å²) in [6.45, 7) is 2.72. The first-order valence-electron chi connectivity index (χ1n) is 9.94. The van der Waals surface area contributed by atoms with Crippen LogP contribution in [0.2, 0.25) is 0 Å². The van der Waals surface area contributed by atoms with Crippen LogP contribution in [0.15, 0.2) is 64.2 Å². The van der Waals surface area contributed by atoms with E-state index in [0.717, 1.165) is 12.0 Å². The highest BCUT2D eigenvalue weighted by Gasteiger charge is 2.17. The van der Waals surface area contributed by atoms with Crippen molar-refractivity contribution >= 4 is 17.0 Å². The van der Waals surface area contributed by atoms with Crippen LogP contribution >= 0.6 is 0 Å². The summed E-state index contributed by atoms with van der Waals surface area (Å²) in [5.41, 5.74) is 2.92. The number of nitrogens with zero attached hydrogens (tertiary/aromatic N) is 3. The zero-order valence-electron chi connectivity index (χ0n) is 17.0. The number of hydrogen-bond donors (Lipinski definition) is 1. The van der Waals surface area contributed by atoms with Gasteiger partial charge in [0, 0.05) is 25.1 Å². The zero-order valence-corrected chi connectivity index (χ0v) is 17.0. The Bertz CT molecular complexity index is 1280. The molecule has 0 bridgehead atoms. The second-order valence-electron chi connectivity index (χ2n) is 7.30. The van der Waals surface area contributed by atoms with Crippen molar-refractivity contribution in [2.45, 2.75) is 26.3 Å². The minimum absolute atomic E-state index is 0.100. The Hall–Kier alpha value is -3.81. The van der Waals surface area contributed by atoms with Crippen molar-refractivity contribution in [1.82, 2.24) is 20.0 Å². The van der Waals surface area contributed by atoms with Gasteiger partial charge in [-0.2, -0.15) is 0 Å². The summed E-state index contributed by atoms with van der Waals surface area (Å²) in [6.07, 6.45) is 2.21. The monoisotopic (exact) mass is 420 g/mol. The molecular weight excluding hydrogens is 399 g/mol. The molecule has 0 fully saturated rings. The van der Waals surface area contributed by atoms with Crippen LogP contribution in [0, 0.1) is 12.7 Å². The van der Waals surface area contributed by atoms with Crippen LogP contribution in [0.4, 0.5) is 4.39 Å². The number of rotatable bonds is 7. The van der Waals surface area contributed by atoms with Crippen molar-refractivity contribution in [1.29, 1.82) is 0 Å². The van der Waals surface area contributed by atoms with E-state index < -0.39 is 0 Å². The second-order valence-corrected chi connectivity index (χ2v) is 7.30. The quantitative estimate of drug-likeness (QED) is 0.496. The molecular formula is C23H21FN4O3. The molecule has 4 rings (SSSR count).